The van der Waals surface area contributed by atoms with Crippen molar-refractivity contribution in [1.29, 1.82) is 0 Å². The van der Waals surface area contributed by atoms with Gasteiger partial charge >= 0.3 is 0 Å². The van der Waals surface area contributed by atoms with E-state index in [-0.39, 0.29) is 17.9 Å². The Balaban J connectivity index is 1.86. The summed E-state index contributed by atoms with van der Waals surface area (Å²) < 4.78 is 7.38. The van der Waals surface area contributed by atoms with Gasteiger partial charge in [0.15, 0.2) is 0 Å². The van der Waals surface area contributed by atoms with E-state index >= 15 is 0 Å². The van der Waals surface area contributed by atoms with Crippen molar-refractivity contribution in [3.05, 3.63) is 18.0 Å². The van der Waals surface area contributed by atoms with Crippen LogP contribution >= 0.6 is 0 Å². The van der Waals surface area contributed by atoms with E-state index in [0.29, 0.717) is 6.54 Å². The predicted octanol–water partition coefficient (Wildman–Crippen LogP) is 1.24. The number of aromatic nitrogens is 2. The van der Waals surface area contributed by atoms with Crippen molar-refractivity contribution in [2.24, 2.45) is 13.0 Å². The van der Waals surface area contributed by atoms with Gasteiger partial charge in [-0.25, -0.2) is 0 Å². The summed E-state index contributed by atoms with van der Waals surface area (Å²) in [7, 11) is 1.87. The van der Waals surface area contributed by atoms with Gasteiger partial charge in [0.25, 0.3) is 0 Å². The van der Waals surface area contributed by atoms with Gasteiger partial charge in [-0.1, -0.05) is 6.92 Å². The summed E-state index contributed by atoms with van der Waals surface area (Å²) >= 11 is 0. The molecule has 100 valence electrons. The number of aryl methyl sites for hydroxylation is 1. The van der Waals surface area contributed by atoms with E-state index in [1.165, 1.54) is 0 Å². The molecule has 1 amide bonds. The first-order valence-electron chi connectivity index (χ1n) is 6.57. The van der Waals surface area contributed by atoms with Crippen molar-refractivity contribution in [3.63, 3.8) is 0 Å². The fourth-order valence-electron chi connectivity index (χ4n) is 2.43. The third-order valence-corrected chi connectivity index (χ3v) is 3.40. The van der Waals surface area contributed by atoms with Crippen molar-refractivity contribution >= 4 is 5.91 Å². The second kappa shape index (κ2) is 6.00. The van der Waals surface area contributed by atoms with Crippen molar-refractivity contribution in [1.82, 2.24) is 15.1 Å². The summed E-state index contributed by atoms with van der Waals surface area (Å²) in [4.78, 5) is 12.1. The molecule has 5 heteroatoms. The second-order valence-electron chi connectivity index (χ2n) is 4.81. The fraction of sp³-hybridized carbons (Fsp3) is 0.692. The summed E-state index contributed by atoms with van der Waals surface area (Å²) in [5.74, 6) is 0.103. The molecule has 1 N–H and O–H groups in total. The molecule has 18 heavy (non-hydrogen) atoms. The number of nitrogens with zero attached hydrogens (tertiary/aromatic N) is 2. The molecule has 1 aliphatic heterocycles. The van der Waals surface area contributed by atoms with E-state index in [2.05, 4.69) is 17.3 Å². The highest BCUT2D eigenvalue weighted by Crippen LogP contribution is 2.23. The SMILES string of the molecule is CCC1OCCCC1C(=O)NCc1cnn(C)c1. The monoisotopic (exact) mass is 251 g/mol. The first kappa shape index (κ1) is 13.1. The van der Waals surface area contributed by atoms with Crippen LogP contribution in [-0.2, 0) is 23.1 Å². The van der Waals surface area contributed by atoms with Crippen LogP contribution in [0, 0.1) is 5.92 Å². The zero-order chi connectivity index (χ0) is 13.0. The Kier molecular flexibility index (Phi) is 4.36. The Morgan fingerprint density at radius 1 is 1.67 bits per heavy atom. The van der Waals surface area contributed by atoms with E-state index in [4.69, 9.17) is 4.74 Å². The topological polar surface area (TPSA) is 56.1 Å². The van der Waals surface area contributed by atoms with E-state index in [1.54, 1.807) is 10.9 Å². The van der Waals surface area contributed by atoms with Gasteiger partial charge in [-0.05, 0) is 19.3 Å². The number of carbonyl (C=O) groups is 1. The van der Waals surface area contributed by atoms with Gasteiger partial charge in [-0.2, -0.15) is 5.10 Å². The molecule has 2 rings (SSSR count). The maximum Gasteiger partial charge on any atom is 0.226 e. The van der Waals surface area contributed by atoms with E-state index in [0.717, 1.165) is 31.4 Å². The fourth-order valence-corrected chi connectivity index (χ4v) is 2.43. The molecule has 1 aromatic heterocycles. The van der Waals surface area contributed by atoms with E-state index in [1.807, 2.05) is 13.2 Å². The summed E-state index contributed by atoms with van der Waals surface area (Å²) in [5.41, 5.74) is 1.02. The number of carbonyl (C=O) groups excluding carboxylic acids is 1. The summed E-state index contributed by atoms with van der Waals surface area (Å²) in [6, 6.07) is 0. The number of hydrogen-bond donors (Lipinski definition) is 1. The minimum absolute atomic E-state index is 0.000390. The second-order valence-corrected chi connectivity index (χ2v) is 4.81. The Labute approximate surface area is 108 Å². The first-order chi connectivity index (χ1) is 8.70. The van der Waals surface area contributed by atoms with Gasteiger partial charge in [0.1, 0.15) is 0 Å². The van der Waals surface area contributed by atoms with Crippen molar-refractivity contribution in [3.8, 4) is 0 Å². The maximum atomic E-state index is 12.1. The number of amides is 1. The van der Waals surface area contributed by atoms with Crippen LogP contribution in [0.4, 0.5) is 0 Å². The van der Waals surface area contributed by atoms with E-state index in [9.17, 15) is 4.79 Å². The van der Waals surface area contributed by atoms with Crippen LogP contribution in [0.3, 0.4) is 0 Å². The number of hydrogen-bond acceptors (Lipinski definition) is 3. The lowest BCUT2D eigenvalue weighted by atomic mass is 9.92. The number of nitrogens with one attached hydrogen (secondary N) is 1. The van der Waals surface area contributed by atoms with Gasteiger partial charge in [-0.3, -0.25) is 9.48 Å². The zero-order valence-corrected chi connectivity index (χ0v) is 11.1. The predicted molar refractivity (Wildman–Crippen MR) is 67.8 cm³/mol. The van der Waals surface area contributed by atoms with Crippen molar-refractivity contribution in [2.75, 3.05) is 6.61 Å². The molecular weight excluding hydrogens is 230 g/mol. The van der Waals surface area contributed by atoms with Crippen LogP contribution in [0.5, 0.6) is 0 Å². The van der Waals surface area contributed by atoms with E-state index < -0.39 is 0 Å². The van der Waals surface area contributed by atoms with Crippen molar-refractivity contribution < 1.29 is 9.53 Å². The van der Waals surface area contributed by atoms with Gasteiger partial charge in [-0.15, -0.1) is 0 Å². The largest absolute Gasteiger partial charge is 0.377 e. The molecule has 1 fully saturated rings. The highest BCUT2D eigenvalue weighted by Gasteiger charge is 2.30. The molecule has 1 aliphatic rings. The van der Waals surface area contributed by atoms with Crippen LogP contribution in [0.1, 0.15) is 31.7 Å². The smallest absolute Gasteiger partial charge is 0.226 e. The summed E-state index contributed by atoms with van der Waals surface area (Å²) in [5, 5.41) is 7.05. The molecule has 0 aromatic carbocycles. The first-order valence-corrected chi connectivity index (χ1v) is 6.57. The molecule has 2 atom stereocenters. The quantitative estimate of drug-likeness (QED) is 0.876. The van der Waals surface area contributed by atoms with Crippen LogP contribution in [0.15, 0.2) is 12.4 Å². The lowest BCUT2D eigenvalue weighted by molar-refractivity contribution is -0.134. The van der Waals surface area contributed by atoms with Gasteiger partial charge < -0.3 is 10.1 Å². The van der Waals surface area contributed by atoms with Gasteiger partial charge in [0.2, 0.25) is 5.91 Å². The van der Waals surface area contributed by atoms with Crippen LogP contribution in [0.2, 0.25) is 0 Å². The normalized spacial score (nSPS) is 23.9. The molecule has 0 spiro atoms. The molecule has 2 unspecified atom stereocenters. The van der Waals surface area contributed by atoms with Gasteiger partial charge in [0.05, 0.1) is 18.2 Å². The third kappa shape index (κ3) is 3.10. The molecule has 2 heterocycles. The van der Waals surface area contributed by atoms with Crippen LogP contribution < -0.4 is 5.32 Å². The summed E-state index contributed by atoms with van der Waals surface area (Å²) in [6.45, 7) is 3.39. The van der Waals surface area contributed by atoms with Crippen LogP contribution in [-0.4, -0.2) is 28.4 Å². The maximum absolute atomic E-state index is 12.1. The molecule has 1 aromatic rings. The Morgan fingerprint density at radius 3 is 3.17 bits per heavy atom. The number of ether oxygens (including phenoxy) is 1. The van der Waals surface area contributed by atoms with Gasteiger partial charge in [0, 0.05) is 32.0 Å². The standard InChI is InChI=1S/C13H21N3O2/c1-3-12-11(5-4-6-18-12)13(17)14-7-10-8-15-16(2)9-10/h8-9,11-12H,3-7H2,1-2H3,(H,14,17). The number of rotatable bonds is 4. The molecule has 0 saturated carbocycles. The van der Waals surface area contributed by atoms with Crippen LogP contribution in [0.25, 0.3) is 0 Å². The third-order valence-electron chi connectivity index (χ3n) is 3.40. The molecule has 5 nitrogen and oxygen atoms in total. The lowest BCUT2D eigenvalue weighted by Crippen LogP contribution is -2.41. The average molecular weight is 251 g/mol. The highest BCUT2D eigenvalue weighted by atomic mass is 16.5. The molecule has 1 saturated heterocycles. The Morgan fingerprint density at radius 2 is 2.50 bits per heavy atom. The molecule has 0 radical (unpaired) electrons. The Bertz CT molecular complexity index is 403. The zero-order valence-electron chi connectivity index (χ0n) is 11.1. The molecular formula is C13H21N3O2. The molecule has 0 aliphatic carbocycles. The lowest BCUT2D eigenvalue weighted by Gasteiger charge is -2.30. The Hall–Kier alpha value is -1.36. The van der Waals surface area contributed by atoms with Crippen molar-refractivity contribution in [2.45, 2.75) is 38.8 Å². The average Bonchev–Trinajstić information content (AvgIpc) is 2.81. The molecule has 0 bridgehead atoms. The minimum Gasteiger partial charge on any atom is -0.377 e. The highest BCUT2D eigenvalue weighted by molar-refractivity contribution is 5.79. The summed E-state index contributed by atoms with van der Waals surface area (Å²) in [6.07, 6.45) is 6.56. The minimum atomic E-state index is 0.000390.